The highest BCUT2D eigenvalue weighted by Crippen LogP contribution is 2.34. The van der Waals surface area contributed by atoms with E-state index in [9.17, 15) is 19.5 Å². The van der Waals surface area contributed by atoms with Crippen LogP contribution in [0.1, 0.15) is 34.8 Å². The number of nitrogens with one attached hydrogen (secondary N) is 1. The van der Waals surface area contributed by atoms with Gasteiger partial charge >= 0.3 is 5.97 Å². The predicted octanol–water partition coefficient (Wildman–Crippen LogP) is 3.79. The third-order valence-corrected chi connectivity index (χ3v) is 6.02. The van der Waals surface area contributed by atoms with E-state index in [0.29, 0.717) is 21.8 Å². The van der Waals surface area contributed by atoms with Gasteiger partial charge in [-0.1, -0.05) is 42.4 Å². The summed E-state index contributed by atoms with van der Waals surface area (Å²) in [6, 6.07) is 11.8. The van der Waals surface area contributed by atoms with Crippen molar-refractivity contribution in [3.05, 3.63) is 64.1 Å². The largest absolute Gasteiger partial charge is 0.493 e. The van der Waals surface area contributed by atoms with Gasteiger partial charge in [0.05, 0.1) is 12.0 Å². The van der Waals surface area contributed by atoms with Gasteiger partial charge in [-0.2, -0.15) is 5.01 Å². The van der Waals surface area contributed by atoms with Crippen LogP contribution in [-0.2, 0) is 9.59 Å². The first-order valence-electron chi connectivity index (χ1n) is 9.96. The molecule has 0 spiro atoms. The van der Waals surface area contributed by atoms with Gasteiger partial charge in [0, 0.05) is 5.56 Å². The second-order valence-corrected chi connectivity index (χ2v) is 8.76. The van der Waals surface area contributed by atoms with Crippen molar-refractivity contribution >= 4 is 52.2 Å². The Bertz CT molecular complexity index is 1130. The Labute approximate surface area is 200 Å². The van der Waals surface area contributed by atoms with Crippen LogP contribution in [0.2, 0.25) is 0 Å². The molecule has 0 aliphatic carbocycles. The molecule has 0 radical (unpaired) electrons. The Morgan fingerprint density at radius 3 is 2.52 bits per heavy atom. The smallest absolute Gasteiger partial charge is 0.344 e. The zero-order valence-corrected chi connectivity index (χ0v) is 19.8. The highest BCUT2D eigenvalue weighted by Gasteiger charge is 2.34. The summed E-state index contributed by atoms with van der Waals surface area (Å²) in [6.07, 6.45) is 0.896. The maximum absolute atomic E-state index is 12.8. The molecule has 2 aromatic carbocycles. The molecule has 0 aromatic heterocycles. The molecule has 10 heteroatoms. The maximum Gasteiger partial charge on any atom is 0.344 e. The number of thiocarbonyl (C=S) groups is 1. The van der Waals surface area contributed by atoms with E-state index in [1.807, 2.05) is 6.92 Å². The van der Waals surface area contributed by atoms with Crippen LogP contribution >= 0.6 is 24.0 Å². The molecule has 0 bridgehead atoms. The van der Waals surface area contributed by atoms with Crippen LogP contribution in [0.15, 0.2) is 47.4 Å². The zero-order valence-electron chi connectivity index (χ0n) is 18.2. The fraction of sp³-hybridized carbons (Fsp3) is 0.217. The first-order valence-corrected chi connectivity index (χ1v) is 11.2. The van der Waals surface area contributed by atoms with Gasteiger partial charge in [0.2, 0.25) is 0 Å². The summed E-state index contributed by atoms with van der Waals surface area (Å²) in [7, 11) is 1.44. The van der Waals surface area contributed by atoms with Crippen molar-refractivity contribution in [3.63, 3.8) is 0 Å². The maximum atomic E-state index is 12.8. The minimum Gasteiger partial charge on any atom is -0.493 e. The van der Waals surface area contributed by atoms with Gasteiger partial charge in [-0.05, 0) is 61.5 Å². The third kappa shape index (κ3) is 5.71. The van der Waals surface area contributed by atoms with Gasteiger partial charge in [-0.25, -0.2) is 4.79 Å². The van der Waals surface area contributed by atoms with Crippen LogP contribution in [0.4, 0.5) is 0 Å². The summed E-state index contributed by atoms with van der Waals surface area (Å²) < 4.78 is 11.0. The predicted molar refractivity (Wildman–Crippen MR) is 129 cm³/mol. The Morgan fingerprint density at radius 1 is 1.21 bits per heavy atom. The number of ether oxygens (including phenoxy) is 2. The molecule has 1 unspecified atom stereocenters. The molecular weight excluding hydrogens is 464 g/mol. The van der Waals surface area contributed by atoms with Crippen LogP contribution < -0.4 is 14.9 Å². The summed E-state index contributed by atoms with van der Waals surface area (Å²) in [5.74, 6) is -1.37. The van der Waals surface area contributed by atoms with E-state index in [1.54, 1.807) is 55.5 Å². The molecule has 1 heterocycles. The minimum absolute atomic E-state index is 0.200. The quantitative estimate of drug-likeness (QED) is 0.429. The number of rotatable bonds is 8. The number of carbonyl (C=O) groups excluding carboxylic acids is 2. The fourth-order valence-electron chi connectivity index (χ4n) is 2.92. The number of carboxylic acid groups (broad SMARTS) is 1. The van der Waals surface area contributed by atoms with E-state index < -0.39 is 23.9 Å². The average molecular weight is 487 g/mol. The molecule has 8 nitrogen and oxygen atoms in total. The lowest BCUT2D eigenvalue weighted by molar-refractivity contribution is -0.145. The van der Waals surface area contributed by atoms with Crippen LogP contribution in [0, 0.1) is 6.92 Å². The number of aliphatic carboxylic acids is 1. The number of amides is 2. The van der Waals surface area contributed by atoms with Gasteiger partial charge in [0.15, 0.2) is 21.9 Å². The van der Waals surface area contributed by atoms with Gasteiger partial charge in [-0.15, -0.1) is 0 Å². The molecule has 1 atom stereocenters. The lowest BCUT2D eigenvalue weighted by Gasteiger charge is -2.16. The van der Waals surface area contributed by atoms with Gasteiger partial charge in [0.25, 0.3) is 11.8 Å². The van der Waals surface area contributed by atoms with Crippen LogP contribution in [0.25, 0.3) is 6.08 Å². The molecule has 1 aliphatic heterocycles. The second kappa shape index (κ2) is 10.5. The van der Waals surface area contributed by atoms with Crippen molar-refractivity contribution in [1.82, 2.24) is 10.4 Å². The number of thioether (sulfide) groups is 1. The lowest BCUT2D eigenvalue weighted by Crippen LogP contribution is -2.44. The normalized spacial score (nSPS) is 15.5. The Balaban J connectivity index is 1.77. The number of aryl methyl sites for hydroxylation is 1. The minimum atomic E-state index is -1.07. The van der Waals surface area contributed by atoms with Gasteiger partial charge in [-0.3, -0.25) is 15.0 Å². The van der Waals surface area contributed by atoms with Gasteiger partial charge < -0.3 is 14.6 Å². The SMILES string of the molecule is CCC(Oc1ccc(/C=C2/SC(=S)N(NC(=O)c3ccc(C)cc3)C2=O)cc1OC)C(=O)O. The van der Waals surface area contributed by atoms with Crippen molar-refractivity contribution in [2.45, 2.75) is 26.4 Å². The molecule has 1 fully saturated rings. The summed E-state index contributed by atoms with van der Waals surface area (Å²) in [5.41, 5.74) is 4.58. The van der Waals surface area contributed by atoms with Crippen molar-refractivity contribution in [1.29, 1.82) is 0 Å². The molecule has 2 amide bonds. The number of carbonyl (C=O) groups is 3. The number of hydrogen-bond donors (Lipinski definition) is 2. The molecular formula is C23H22N2O6S2. The summed E-state index contributed by atoms with van der Waals surface area (Å²) in [5, 5.41) is 10.2. The fourth-order valence-corrected chi connectivity index (χ4v) is 4.10. The molecule has 1 saturated heterocycles. The Kier molecular flexibility index (Phi) is 7.72. The number of benzene rings is 2. The van der Waals surface area contributed by atoms with Crippen molar-refractivity contribution in [3.8, 4) is 11.5 Å². The average Bonchev–Trinajstić information content (AvgIpc) is 3.05. The summed E-state index contributed by atoms with van der Waals surface area (Å²) >= 11 is 6.32. The molecule has 33 heavy (non-hydrogen) atoms. The van der Waals surface area contributed by atoms with Crippen molar-refractivity contribution < 1.29 is 29.0 Å². The number of hydrogen-bond acceptors (Lipinski definition) is 7. The summed E-state index contributed by atoms with van der Waals surface area (Å²) in [4.78, 5) is 36.9. The highest BCUT2D eigenvalue weighted by atomic mass is 32.2. The second-order valence-electron chi connectivity index (χ2n) is 7.09. The Morgan fingerprint density at radius 2 is 1.91 bits per heavy atom. The topological polar surface area (TPSA) is 105 Å². The van der Waals surface area contributed by atoms with Crippen molar-refractivity contribution in [2.24, 2.45) is 0 Å². The van der Waals surface area contributed by atoms with Gasteiger partial charge in [0.1, 0.15) is 0 Å². The molecule has 2 aromatic rings. The van der Waals surface area contributed by atoms with Crippen molar-refractivity contribution in [2.75, 3.05) is 7.11 Å². The van der Waals surface area contributed by atoms with Crippen LogP contribution in [-0.4, -0.2) is 45.4 Å². The third-order valence-electron chi connectivity index (χ3n) is 4.72. The highest BCUT2D eigenvalue weighted by molar-refractivity contribution is 8.26. The number of hydrazine groups is 1. The van der Waals surface area contributed by atoms with Crippen LogP contribution in [0.5, 0.6) is 11.5 Å². The van der Waals surface area contributed by atoms with E-state index in [2.05, 4.69) is 5.43 Å². The van der Waals surface area contributed by atoms with Crippen LogP contribution in [0.3, 0.4) is 0 Å². The van der Waals surface area contributed by atoms with E-state index in [4.69, 9.17) is 21.7 Å². The number of nitrogens with zero attached hydrogens (tertiary/aromatic N) is 1. The van der Waals surface area contributed by atoms with E-state index in [1.165, 1.54) is 7.11 Å². The molecule has 3 rings (SSSR count). The Hall–Kier alpha value is -3.37. The molecule has 172 valence electrons. The number of methoxy groups -OCH3 is 1. The molecule has 0 saturated carbocycles. The van der Waals surface area contributed by atoms with E-state index >= 15 is 0 Å². The number of carboxylic acids is 1. The van der Waals surface area contributed by atoms with E-state index in [0.717, 1.165) is 22.3 Å². The summed E-state index contributed by atoms with van der Waals surface area (Å²) in [6.45, 7) is 3.62. The zero-order chi connectivity index (χ0) is 24.1. The van der Waals surface area contributed by atoms with E-state index in [-0.39, 0.29) is 16.5 Å². The lowest BCUT2D eigenvalue weighted by atomic mass is 10.1. The first kappa shape index (κ1) is 24.3. The standard InChI is InChI=1S/C23H22N2O6S2/c1-4-16(22(28)29)31-17-10-7-14(11-18(17)30-3)12-19-21(27)25(23(32)33-19)24-20(26)15-8-5-13(2)6-9-15/h5-12,16H,4H2,1-3H3,(H,24,26)(H,28,29)/b19-12+. The monoisotopic (exact) mass is 486 g/mol. The molecule has 1 aliphatic rings. The first-order chi connectivity index (χ1) is 15.7. The molecule has 2 N–H and O–H groups in total.